The highest BCUT2D eigenvalue weighted by atomic mass is 16.4. The fourth-order valence-electron chi connectivity index (χ4n) is 1.73. The maximum Gasteiger partial charge on any atom is 0.303 e. The second-order valence-electron chi connectivity index (χ2n) is 4.00. The Labute approximate surface area is 106 Å². The molecule has 0 aliphatic carbocycles. The largest absolute Gasteiger partial charge is 0.481 e. The molecule has 1 unspecified atom stereocenters. The number of amides is 1. The zero-order chi connectivity index (χ0) is 13.4. The van der Waals surface area contributed by atoms with Crippen LogP contribution >= 0.6 is 0 Å². The molecule has 1 atom stereocenters. The van der Waals surface area contributed by atoms with Crippen LogP contribution in [0, 0.1) is 0 Å². The molecule has 0 heterocycles. The Morgan fingerprint density at radius 1 is 1.28 bits per heavy atom. The number of carbonyl (C=O) groups is 2. The molecule has 18 heavy (non-hydrogen) atoms. The predicted molar refractivity (Wildman–Crippen MR) is 69.3 cm³/mol. The molecule has 0 saturated heterocycles. The first-order valence-electron chi connectivity index (χ1n) is 5.77. The number of hydrogen-bond acceptors (Lipinski definition) is 2. The van der Waals surface area contributed by atoms with Gasteiger partial charge in [0.15, 0.2) is 0 Å². The van der Waals surface area contributed by atoms with E-state index in [2.05, 4.69) is 11.9 Å². The maximum atomic E-state index is 11.6. The monoisotopic (exact) mass is 247 g/mol. The zero-order valence-corrected chi connectivity index (χ0v) is 10.1. The number of nitrogens with one attached hydrogen (secondary N) is 1. The summed E-state index contributed by atoms with van der Waals surface area (Å²) in [6.07, 6.45) is 1.71. The van der Waals surface area contributed by atoms with Crippen molar-refractivity contribution >= 4 is 11.9 Å². The van der Waals surface area contributed by atoms with Gasteiger partial charge in [-0.1, -0.05) is 36.4 Å². The Kier molecular flexibility index (Phi) is 5.64. The van der Waals surface area contributed by atoms with Gasteiger partial charge in [0.25, 0.3) is 0 Å². The van der Waals surface area contributed by atoms with E-state index in [9.17, 15) is 9.59 Å². The number of rotatable bonds is 7. The van der Waals surface area contributed by atoms with Crippen LogP contribution in [0.25, 0.3) is 0 Å². The van der Waals surface area contributed by atoms with Gasteiger partial charge < -0.3 is 10.4 Å². The van der Waals surface area contributed by atoms with Crippen LogP contribution in [0.1, 0.15) is 24.3 Å². The molecule has 0 aromatic heterocycles. The molecule has 0 radical (unpaired) electrons. The van der Waals surface area contributed by atoms with E-state index in [0.29, 0.717) is 6.54 Å². The first kappa shape index (κ1) is 14.0. The molecular weight excluding hydrogens is 230 g/mol. The Balaban J connectivity index is 2.70. The number of benzene rings is 1. The van der Waals surface area contributed by atoms with Crippen molar-refractivity contribution in [1.29, 1.82) is 0 Å². The van der Waals surface area contributed by atoms with Crippen molar-refractivity contribution in [3.63, 3.8) is 0 Å². The van der Waals surface area contributed by atoms with Gasteiger partial charge in [0, 0.05) is 18.9 Å². The molecule has 0 aliphatic rings. The summed E-state index contributed by atoms with van der Waals surface area (Å²) in [6.45, 7) is 3.91. The van der Waals surface area contributed by atoms with Crippen molar-refractivity contribution in [2.24, 2.45) is 0 Å². The Hall–Kier alpha value is -2.10. The van der Waals surface area contributed by atoms with Crippen LogP contribution in [0.2, 0.25) is 0 Å². The second kappa shape index (κ2) is 7.27. The molecule has 1 amide bonds. The van der Waals surface area contributed by atoms with Crippen LogP contribution < -0.4 is 5.32 Å². The minimum Gasteiger partial charge on any atom is -0.481 e. The van der Waals surface area contributed by atoms with Crippen molar-refractivity contribution in [3.05, 3.63) is 48.6 Å². The van der Waals surface area contributed by atoms with Gasteiger partial charge in [-0.05, 0) is 5.56 Å². The highest BCUT2D eigenvalue weighted by molar-refractivity contribution is 5.78. The fourth-order valence-corrected chi connectivity index (χ4v) is 1.73. The normalized spacial score (nSPS) is 11.6. The predicted octanol–water partition coefficient (Wildman–Crippen LogP) is 1.94. The minimum atomic E-state index is -0.902. The van der Waals surface area contributed by atoms with Gasteiger partial charge in [-0.2, -0.15) is 0 Å². The average Bonchev–Trinajstić information content (AvgIpc) is 2.36. The van der Waals surface area contributed by atoms with E-state index < -0.39 is 5.97 Å². The molecule has 96 valence electrons. The number of carboxylic acids is 1. The molecule has 0 aliphatic heterocycles. The topological polar surface area (TPSA) is 66.4 Å². The first-order valence-corrected chi connectivity index (χ1v) is 5.77. The summed E-state index contributed by atoms with van der Waals surface area (Å²) in [5.41, 5.74) is 0.869. The standard InChI is InChI=1S/C14H17NO3/c1-2-8-15-13(16)9-12(10-14(17)18)11-6-4-3-5-7-11/h2-7,12H,1,8-10H2,(H,15,16)(H,17,18). The highest BCUT2D eigenvalue weighted by Gasteiger charge is 2.18. The van der Waals surface area contributed by atoms with E-state index >= 15 is 0 Å². The maximum absolute atomic E-state index is 11.6. The number of hydrogen-bond donors (Lipinski definition) is 2. The van der Waals surface area contributed by atoms with E-state index in [1.807, 2.05) is 30.3 Å². The lowest BCUT2D eigenvalue weighted by atomic mass is 9.92. The van der Waals surface area contributed by atoms with Crippen molar-refractivity contribution < 1.29 is 14.7 Å². The molecule has 0 bridgehead atoms. The van der Waals surface area contributed by atoms with Crippen LogP contribution in [0.4, 0.5) is 0 Å². The van der Waals surface area contributed by atoms with E-state index in [1.54, 1.807) is 6.08 Å². The zero-order valence-electron chi connectivity index (χ0n) is 10.1. The van der Waals surface area contributed by atoms with E-state index in [4.69, 9.17) is 5.11 Å². The number of aliphatic carboxylic acids is 1. The summed E-state index contributed by atoms with van der Waals surface area (Å²) in [4.78, 5) is 22.4. The summed E-state index contributed by atoms with van der Waals surface area (Å²) in [6, 6.07) is 9.22. The van der Waals surface area contributed by atoms with Crippen molar-refractivity contribution in [2.45, 2.75) is 18.8 Å². The Bertz CT molecular complexity index is 414. The van der Waals surface area contributed by atoms with Crippen LogP contribution in [0.15, 0.2) is 43.0 Å². The smallest absolute Gasteiger partial charge is 0.303 e. The van der Waals surface area contributed by atoms with E-state index in [0.717, 1.165) is 5.56 Å². The van der Waals surface area contributed by atoms with E-state index in [1.165, 1.54) is 0 Å². The Morgan fingerprint density at radius 3 is 2.50 bits per heavy atom. The van der Waals surface area contributed by atoms with Gasteiger partial charge in [0.1, 0.15) is 0 Å². The lowest BCUT2D eigenvalue weighted by molar-refractivity contribution is -0.137. The molecule has 1 aromatic rings. The average molecular weight is 247 g/mol. The first-order chi connectivity index (χ1) is 8.63. The minimum absolute atomic E-state index is 0.0501. The summed E-state index contributed by atoms with van der Waals surface area (Å²) in [5.74, 6) is -1.36. The molecule has 2 N–H and O–H groups in total. The quantitative estimate of drug-likeness (QED) is 0.723. The van der Waals surface area contributed by atoms with Crippen molar-refractivity contribution in [2.75, 3.05) is 6.54 Å². The molecule has 1 aromatic carbocycles. The van der Waals surface area contributed by atoms with Crippen LogP contribution in [-0.2, 0) is 9.59 Å². The lowest BCUT2D eigenvalue weighted by Crippen LogP contribution is -2.25. The van der Waals surface area contributed by atoms with Gasteiger partial charge >= 0.3 is 5.97 Å². The third kappa shape index (κ3) is 4.82. The SMILES string of the molecule is C=CCNC(=O)CC(CC(=O)O)c1ccccc1. The summed E-state index contributed by atoms with van der Waals surface area (Å²) in [5, 5.41) is 11.5. The summed E-state index contributed by atoms with van der Waals surface area (Å²) in [7, 11) is 0. The lowest BCUT2D eigenvalue weighted by Gasteiger charge is -2.14. The number of carboxylic acid groups (broad SMARTS) is 1. The molecule has 1 rings (SSSR count). The van der Waals surface area contributed by atoms with Crippen molar-refractivity contribution in [3.8, 4) is 0 Å². The third-order valence-corrected chi connectivity index (χ3v) is 2.57. The fraction of sp³-hybridized carbons (Fsp3) is 0.286. The highest BCUT2D eigenvalue weighted by Crippen LogP contribution is 2.23. The summed E-state index contributed by atoms with van der Waals surface area (Å²) >= 11 is 0. The second-order valence-corrected chi connectivity index (χ2v) is 4.00. The molecular formula is C14H17NO3. The van der Waals surface area contributed by atoms with Gasteiger partial charge in [0.05, 0.1) is 6.42 Å². The van der Waals surface area contributed by atoms with Gasteiger partial charge in [-0.3, -0.25) is 9.59 Å². The number of carbonyl (C=O) groups excluding carboxylic acids is 1. The van der Waals surface area contributed by atoms with Gasteiger partial charge in [-0.15, -0.1) is 6.58 Å². The molecule has 0 saturated carbocycles. The van der Waals surface area contributed by atoms with Crippen LogP contribution in [0.5, 0.6) is 0 Å². The molecule has 0 fully saturated rings. The van der Waals surface area contributed by atoms with Gasteiger partial charge in [-0.25, -0.2) is 0 Å². The molecule has 4 heteroatoms. The van der Waals surface area contributed by atoms with Gasteiger partial charge in [0.2, 0.25) is 5.91 Å². The van der Waals surface area contributed by atoms with E-state index in [-0.39, 0.29) is 24.7 Å². The Morgan fingerprint density at radius 2 is 1.94 bits per heavy atom. The molecule has 4 nitrogen and oxygen atoms in total. The van der Waals surface area contributed by atoms with Crippen LogP contribution in [0.3, 0.4) is 0 Å². The van der Waals surface area contributed by atoms with Crippen LogP contribution in [-0.4, -0.2) is 23.5 Å². The third-order valence-electron chi connectivity index (χ3n) is 2.57. The van der Waals surface area contributed by atoms with Crippen molar-refractivity contribution in [1.82, 2.24) is 5.32 Å². The molecule has 0 spiro atoms. The summed E-state index contributed by atoms with van der Waals surface area (Å²) < 4.78 is 0.